The first kappa shape index (κ1) is 18.5. The summed E-state index contributed by atoms with van der Waals surface area (Å²) in [5, 5.41) is 13.0. The van der Waals surface area contributed by atoms with E-state index in [9.17, 15) is 14.7 Å². The molecule has 3 atom stereocenters. The van der Waals surface area contributed by atoms with E-state index in [0.717, 1.165) is 6.42 Å². The normalized spacial score (nSPS) is 24.2. The number of hydrogen-bond donors (Lipinski definition) is 2. The molecule has 0 radical (unpaired) electrons. The smallest absolute Gasteiger partial charge is 0.246 e. The van der Waals surface area contributed by atoms with E-state index in [4.69, 9.17) is 9.47 Å². The Bertz CT molecular complexity index is 599. The average Bonchev–Trinajstić information content (AvgIpc) is 3.04. The molecule has 2 rings (SSSR count). The van der Waals surface area contributed by atoms with Gasteiger partial charge in [-0.05, 0) is 6.42 Å². The van der Waals surface area contributed by atoms with E-state index in [1.807, 2.05) is 6.92 Å². The molecule has 132 valence electrons. The van der Waals surface area contributed by atoms with Crippen LogP contribution in [0.1, 0.15) is 26.7 Å². The molecule has 2 N–H and O–H groups in total. The molecule has 8 heteroatoms. The third-order valence-electron chi connectivity index (χ3n) is 3.58. The number of allylic oxidation sites excluding steroid dienone is 1. The van der Waals surface area contributed by atoms with Crippen molar-refractivity contribution in [2.24, 2.45) is 4.99 Å². The molecule has 7 nitrogen and oxygen atoms in total. The van der Waals surface area contributed by atoms with Crippen LogP contribution < -0.4 is 5.32 Å². The Morgan fingerprint density at radius 1 is 1.58 bits per heavy atom. The summed E-state index contributed by atoms with van der Waals surface area (Å²) < 4.78 is 10.5. The number of carbonyl (C=O) groups excluding carboxylic acids is 2. The van der Waals surface area contributed by atoms with Gasteiger partial charge in [-0.25, -0.2) is 0 Å². The Balaban J connectivity index is 2.09. The largest absolute Gasteiger partial charge is 0.497 e. The number of Topliss-reactive ketones (excluding diaryl/α,β-unsaturated/α-hetero) is 1. The summed E-state index contributed by atoms with van der Waals surface area (Å²) in [5.41, 5.74) is 0. The number of amides is 1. The predicted octanol–water partition coefficient (Wildman–Crippen LogP) is 1.14. The lowest BCUT2D eigenvalue weighted by molar-refractivity contribution is -0.123. The number of ketones is 1. The Morgan fingerprint density at radius 2 is 2.33 bits per heavy atom. The van der Waals surface area contributed by atoms with Gasteiger partial charge in [0.1, 0.15) is 22.6 Å². The van der Waals surface area contributed by atoms with E-state index < -0.39 is 18.4 Å². The number of ether oxygens (including phenoxy) is 2. The van der Waals surface area contributed by atoms with Gasteiger partial charge in [-0.15, -0.1) is 11.8 Å². The van der Waals surface area contributed by atoms with E-state index in [0.29, 0.717) is 28.7 Å². The van der Waals surface area contributed by atoms with Gasteiger partial charge < -0.3 is 19.9 Å². The molecule has 0 saturated carbocycles. The average molecular weight is 354 g/mol. The minimum absolute atomic E-state index is 0.128. The highest BCUT2D eigenvalue weighted by Gasteiger charge is 2.30. The molecule has 1 amide bonds. The Morgan fingerprint density at radius 3 is 2.92 bits per heavy atom. The van der Waals surface area contributed by atoms with Crippen molar-refractivity contribution in [3.05, 3.63) is 23.7 Å². The van der Waals surface area contributed by atoms with Crippen molar-refractivity contribution in [3.63, 3.8) is 0 Å². The number of aliphatic hydroxyl groups is 1. The minimum Gasteiger partial charge on any atom is -0.497 e. The number of nitrogens with zero attached hydrogens (tertiary/aromatic N) is 1. The van der Waals surface area contributed by atoms with Crippen LogP contribution in [0.5, 0.6) is 0 Å². The molecule has 0 fully saturated rings. The van der Waals surface area contributed by atoms with Crippen LogP contribution in [-0.4, -0.2) is 53.1 Å². The van der Waals surface area contributed by atoms with Gasteiger partial charge in [-0.3, -0.25) is 14.6 Å². The Kier molecular flexibility index (Phi) is 6.44. The van der Waals surface area contributed by atoms with Crippen LogP contribution in [0.2, 0.25) is 0 Å². The minimum atomic E-state index is -1.11. The van der Waals surface area contributed by atoms with E-state index >= 15 is 0 Å². The van der Waals surface area contributed by atoms with Gasteiger partial charge in [0.15, 0.2) is 5.78 Å². The topological polar surface area (TPSA) is 97.2 Å². The second-order valence-electron chi connectivity index (χ2n) is 5.50. The van der Waals surface area contributed by atoms with Crippen LogP contribution in [-0.2, 0) is 19.1 Å². The quantitative estimate of drug-likeness (QED) is 0.711. The first-order valence-corrected chi connectivity index (χ1v) is 8.77. The van der Waals surface area contributed by atoms with Crippen LogP contribution in [0, 0.1) is 0 Å². The number of carbonyl (C=O) groups is 2. The zero-order chi connectivity index (χ0) is 17.7. The summed E-state index contributed by atoms with van der Waals surface area (Å²) >= 11 is 1.29. The molecule has 0 spiro atoms. The standard InChI is InChI=1S/C16H22N2O5S/c1-4-5-11(13-6-10(22-3)7-14(20)23-13)17-15(21)12-8-24-16(18-12)9(2)19/h6-7,11-12,14,20H,4-5,8H2,1-3H3,(H,17,21)/t11-,12+,14?/m1/s1. The van der Waals surface area contributed by atoms with Crippen molar-refractivity contribution >= 4 is 28.5 Å². The number of thioether (sulfide) groups is 1. The van der Waals surface area contributed by atoms with Crippen LogP contribution >= 0.6 is 11.8 Å². The lowest BCUT2D eigenvalue weighted by Gasteiger charge is -2.26. The Hall–Kier alpha value is -1.80. The SMILES string of the molecule is CCC[C@@H](NC(=O)[C@@H]1CSC(C(C)=O)=N1)C1=CC(OC)=CC(O)O1. The van der Waals surface area contributed by atoms with E-state index in [1.165, 1.54) is 31.9 Å². The zero-order valence-electron chi connectivity index (χ0n) is 13.9. The molecule has 2 heterocycles. The van der Waals surface area contributed by atoms with Crippen molar-refractivity contribution in [3.8, 4) is 0 Å². The number of hydrogen-bond acceptors (Lipinski definition) is 7. The highest BCUT2D eigenvalue weighted by atomic mass is 32.2. The molecule has 0 aromatic heterocycles. The summed E-state index contributed by atoms with van der Waals surface area (Å²) in [6.45, 7) is 3.43. The van der Waals surface area contributed by atoms with E-state index in [2.05, 4.69) is 10.3 Å². The van der Waals surface area contributed by atoms with Gasteiger partial charge in [0.2, 0.25) is 12.2 Å². The fourth-order valence-electron chi connectivity index (χ4n) is 2.39. The third-order valence-corrected chi connectivity index (χ3v) is 4.72. The monoisotopic (exact) mass is 354 g/mol. The van der Waals surface area contributed by atoms with Crippen LogP contribution in [0.15, 0.2) is 28.7 Å². The van der Waals surface area contributed by atoms with E-state index in [-0.39, 0.29) is 11.7 Å². The van der Waals surface area contributed by atoms with Crippen molar-refractivity contribution in [1.82, 2.24) is 5.32 Å². The number of aliphatic hydroxyl groups excluding tert-OH is 1. The summed E-state index contributed by atoms with van der Waals surface area (Å²) in [6, 6.07) is -0.975. The second-order valence-corrected chi connectivity index (χ2v) is 6.50. The van der Waals surface area contributed by atoms with Gasteiger partial charge in [-0.2, -0.15) is 0 Å². The molecule has 0 bridgehead atoms. The maximum absolute atomic E-state index is 12.4. The van der Waals surface area contributed by atoms with Crippen LogP contribution in [0.25, 0.3) is 0 Å². The van der Waals surface area contributed by atoms with Gasteiger partial charge >= 0.3 is 0 Å². The second kappa shape index (κ2) is 8.34. The molecule has 24 heavy (non-hydrogen) atoms. The fraction of sp³-hybridized carbons (Fsp3) is 0.562. The number of rotatable bonds is 7. The third kappa shape index (κ3) is 4.61. The predicted molar refractivity (Wildman–Crippen MR) is 91.5 cm³/mol. The number of nitrogens with one attached hydrogen (secondary N) is 1. The van der Waals surface area contributed by atoms with Gasteiger partial charge in [0.05, 0.1) is 13.2 Å². The molecular formula is C16H22N2O5S. The molecular weight excluding hydrogens is 332 g/mol. The molecule has 0 aliphatic carbocycles. The first-order chi connectivity index (χ1) is 11.4. The number of aliphatic imine (C=N–C) groups is 1. The van der Waals surface area contributed by atoms with Gasteiger partial charge in [0.25, 0.3) is 0 Å². The van der Waals surface area contributed by atoms with Gasteiger partial charge in [0, 0.05) is 24.8 Å². The summed E-state index contributed by atoms with van der Waals surface area (Å²) in [5.74, 6) is 0.984. The number of methoxy groups -OCH3 is 1. The maximum atomic E-state index is 12.4. The highest BCUT2D eigenvalue weighted by Crippen LogP contribution is 2.23. The van der Waals surface area contributed by atoms with Gasteiger partial charge in [-0.1, -0.05) is 13.3 Å². The molecule has 0 aromatic rings. The Labute approximate surface area is 145 Å². The first-order valence-electron chi connectivity index (χ1n) is 7.78. The fourth-order valence-corrected chi connectivity index (χ4v) is 3.34. The zero-order valence-corrected chi connectivity index (χ0v) is 14.8. The molecule has 0 saturated heterocycles. The molecule has 2 aliphatic rings. The van der Waals surface area contributed by atoms with Crippen molar-refractivity contribution in [2.75, 3.05) is 12.9 Å². The van der Waals surface area contributed by atoms with Crippen molar-refractivity contribution in [1.29, 1.82) is 0 Å². The lowest BCUT2D eigenvalue weighted by Crippen LogP contribution is -2.43. The highest BCUT2D eigenvalue weighted by molar-refractivity contribution is 8.16. The van der Waals surface area contributed by atoms with E-state index in [1.54, 1.807) is 6.08 Å². The van der Waals surface area contributed by atoms with Crippen LogP contribution in [0.3, 0.4) is 0 Å². The van der Waals surface area contributed by atoms with Crippen molar-refractivity contribution < 1.29 is 24.2 Å². The van der Waals surface area contributed by atoms with Crippen LogP contribution in [0.4, 0.5) is 0 Å². The summed E-state index contributed by atoms with van der Waals surface area (Å²) in [7, 11) is 1.50. The summed E-state index contributed by atoms with van der Waals surface area (Å²) in [4.78, 5) is 27.9. The van der Waals surface area contributed by atoms with Crippen molar-refractivity contribution in [2.45, 2.75) is 45.1 Å². The lowest BCUT2D eigenvalue weighted by atomic mass is 10.1. The molecule has 1 unspecified atom stereocenters. The molecule has 2 aliphatic heterocycles. The summed E-state index contributed by atoms with van der Waals surface area (Å²) in [6.07, 6.45) is 3.44. The molecule has 0 aromatic carbocycles. The maximum Gasteiger partial charge on any atom is 0.246 e.